The average Bonchev–Trinajstić information content (AvgIpc) is 3.17. The van der Waals surface area contributed by atoms with Gasteiger partial charge >= 0.3 is 0 Å². The van der Waals surface area contributed by atoms with E-state index in [4.69, 9.17) is 9.47 Å². The van der Waals surface area contributed by atoms with Crippen LogP contribution in [0.2, 0.25) is 0 Å². The van der Waals surface area contributed by atoms with Gasteiger partial charge in [0, 0.05) is 5.56 Å². The van der Waals surface area contributed by atoms with Crippen molar-refractivity contribution < 1.29 is 9.47 Å². The van der Waals surface area contributed by atoms with Gasteiger partial charge in [-0.3, -0.25) is 0 Å². The summed E-state index contributed by atoms with van der Waals surface area (Å²) in [6.45, 7) is 7.49. The van der Waals surface area contributed by atoms with Crippen molar-refractivity contribution in [2.24, 2.45) is 5.10 Å². The lowest BCUT2D eigenvalue weighted by Crippen LogP contribution is -2.12. The molecule has 1 heterocycles. The van der Waals surface area contributed by atoms with Crippen LogP contribution in [0.3, 0.4) is 0 Å². The number of aromatic nitrogens is 3. The molecule has 0 atom stereocenters. The zero-order valence-electron chi connectivity index (χ0n) is 15.9. The standard InChI is InChI=1S/C21H24N4O2/c1-21(2,3)18-8-10-19(11-9-18)26-12-13-27-20-7-5-4-6-17(20)14-24-25-15-22-23-16-25/h4-11,14-16H,12-13H2,1-3H3. The first-order valence-corrected chi connectivity index (χ1v) is 8.86. The quantitative estimate of drug-likeness (QED) is 0.471. The molecule has 0 amide bonds. The number of rotatable bonds is 7. The Morgan fingerprint density at radius 3 is 2.30 bits per heavy atom. The van der Waals surface area contributed by atoms with E-state index in [-0.39, 0.29) is 5.41 Å². The van der Waals surface area contributed by atoms with Crippen molar-refractivity contribution in [3.63, 3.8) is 0 Å². The highest BCUT2D eigenvalue weighted by molar-refractivity contribution is 5.83. The van der Waals surface area contributed by atoms with Gasteiger partial charge < -0.3 is 9.47 Å². The molecule has 27 heavy (non-hydrogen) atoms. The van der Waals surface area contributed by atoms with E-state index in [1.807, 2.05) is 36.4 Å². The Balaban J connectivity index is 1.52. The second-order valence-corrected chi connectivity index (χ2v) is 7.10. The summed E-state index contributed by atoms with van der Waals surface area (Å²) in [5, 5.41) is 11.7. The van der Waals surface area contributed by atoms with Crippen molar-refractivity contribution in [1.29, 1.82) is 0 Å². The molecule has 0 N–H and O–H groups in total. The van der Waals surface area contributed by atoms with Gasteiger partial charge in [0.1, 0.15) is 37.4 Å². The highest BCUT2D eigenvalue weighted by Crippen LogP contribution is 2.24. The summed E-state index contributed by atoms with van der Waals surface area (Å²) >= 11 is 0. The Kier molecular flexibility index (Phi) is 5.86. The van der Waals surface area contributed by atoms with Crippen LogP contribution in [0.5, 0.6) is 11.5 Å². The lowest BCUT2D eigenvalue weighted by molar-refractivity contribution is 0.217. The summed E-state index contributed by atoms with van der Waals surface area (Å²) < 4.78 is 13.2. The van der Waals surface area contributed by atoms with E-state index in [1.165, 1.54) is 22.9 Å². The number of para-hydroxylation sites is 1. The van der Waals surface area contributed by atoms with Crippen LogP contribution in [0.4, 0.5) is 0 Å². The molecule has 0 unspecified atom stereocenters. The van der Waals surface area contributed by atoms with Gasteiger partial charge in [0.15, 0.2) is 0 Å². The average molecular weight is 364 g/mol. The van der Waals surface area contributed by atoms with Gasteiger partial charge in [-0.15, -0.1) is 10.2 Å². The molecule has 6 nitrogen and oxygen atoms in total. The molecule has 0 aliphatic rings. The highest BCUT2D eigenvalue weighted by atomic mass is 16.5. The molecule has 0 radical (unpaired) electrons. The third kappa shape index (κ3) is 5.41. The van der Waals surface area contributed by atoms with Crippen LogP contribution < -0.4 is 9.47 Å². The zero-order valence-corrected chi connectivity index (χ0v) is 15.9. The lowest BCUT2D eigenvalue weighted by atomic mass is 9.87. The maximum atomic E-state index is 5.85. The molecule has 0 aliphatic carbocycles. The van der Waals surface area contributed by atoms with Gasteiger partial charge in [-0.1, -0.05) is 45.0 Å². The highest BCUT2D eigenvalue weighted by Gasteiger charge is 2.12. The molecule has 2 aromatic carbocycles. The number of hydrogen-bond donors (Lipinski definition) is 0. The molecule has 0 spiro atoms. The van der Waals surface area contributed by atoms with Gasteiger partial charge in [0.25, 0.3) is 0 Å². The smallest absolute Gasteiger partial charge is 0.141 e. The largest absolute Gasteiger partial charge is 0.490 e. The minimum atomic E-state index is 0.139. The van der Waals surface area contributed by atoms with Gasteiger partial charge in [0.05, 0.1) is 6.21 Å². The Labute approximate surface area is 159 Å². The summed E-state index contributed by atoms with van der Waals surface area (Å²) in [6, 6.07) is 15.9. The first-order chi connectivity index (χ1) is 13.0. The van der Waals surface area contributed by atoms with Gasteiger partial charge in [-0.25, -0.2) is 4.68 Å². The van der Waals surface area contributed by atoms with E-state index in [0.717, 1.165) is 17.1 Å². The third-order valence-corrected chi connectivity index (χ3v) is 3.99. The van der Waals surface area contributed by atoms with Crippen molar-refractivity contribution in [2.75, 3.05) is 13.2 Å². The van der Waals surface area contributed by atoms with Crippen molar-refractivity contribution >= 4 is 6.21 Å². The SMILES string of the molecule is CC(C)(C)c1ccc(OCCOc2ccccc2C=Nn2cnnc2)cc1. The summed E-state index contributed by atoms with van der Waals surface area (Å²) in [4.78, 5) is 0. The van der Waals surface area contributed by atoms with E-state index >= 15 is 0 Å². The lowest BCUT2D eigenvalue weighted by Gasteiger charge is -2.19. The fourth-order valence-electron chi connectivity index (χ4n) is 2.46. The minimum absolute atomic E-state index is 0.139. The van der Waals surface area contributed by atoms with Crippen LogP contribution in [0.25, 0.3) is 0 Å². The molecule has 3 aromatic rings. The minimum Gasteiger partial charge on any atom is -0.490 e. The summed E-state index contributed by atoms with van der Waals surface area (Å²) in [5.74, 6) is 1.59. The maximum Gasteiger partial charge on any atom is 0.141 e. The predicted octanol–water partition coefficient (Wildman–Crippen LogP) is 3.92. The van der Waals surface area contributed by atoms with E-state index in [0.29, 0.717) is 13.2 Å². The van der Waals surface area contributed by atoms with E-state index in [2.05, 4.69) is 48.2 Å². The maximum absolute atomic E-state index is 5.85. The van der Waals surface area contributed by atoms with E-state index in [1.54, 1.807) is 6.21 Å². The number of nitrogens with zero attached hydrogens (tertiary/aromatic N) is 4. The summed E-state index contributed by atoms with van der Waals surface area (Å²) in [6.07, 6.45) is 4.77. The predicted molar refractivity (Wildman–Crippen MR) is 106 cm³/mol. The van der Waals surface area contributed by atoms with Gasteiger partial charge in [-0.2, -0.15) is 5.10 Å². The van der Waals surface area contributed by atoms with Gasteiger partial charge in [0.2, 0.25) is 0 Å². The molecule has 140 valence electrons. The molecule has 3 rings (SSSR count). The fraction of sp³-hybridized carbons (Fsp3) is 0.286. The third-order valence-electron chi connectivity index (χ3n) is 3.99. The van der Waals surface area contributed by atoms with Crippen molar-refractivity contribution in [1.82, 2.24) is 14.9 Å². The fourth-order valence-corrected chi connectivity index (χ4v) is 2.46. The van der Waals surface area contributed by atoms with Crippen LogP contribution in [0.1, 0.15) is 31.9 Å². The molecule has 0 fully saturated rings. The molecule has 0 saturated carbocycles. The van der Waals surface area contributed by atoms with E-state index < -0.39 is 0 Å². The summed E-state index contributed by atoms with van der Waals surface area (Å²) in [5.41, 5.74) is 2.30. The molecule has 0 bridgehead atoms. The van der Waals surface area contributed by atoms with Crippen LogP contribution in [0.15, 0.2) is 66.3 Å². The molecule has 1 aromatic heterocycles. The first-order valence-electron chi connectivity index (χ1n) is 8.86. The molecular weight excluding hydrogens is 340 g/mol. The van der Waals surface area contributed by atoms with Crippen LogP contribution >= 0.6 is 0 Å². The topological polar surface area (TPSA) is 61.5 Å². The second-order valence-electron chi connectivity index (χ2n) is 7.10. The Hall–Kier alpha value is -3.15. The Bertz CT molecular complexity index is 866. The number of benzene rings is 2. The van der Waals surface area contributed by atoms with Crippen LogP contribution in [-0.2, 0) is 5.41 Å². The van der Waals surface area contributed by atoms with Crippen LogP contribution in [0, 0.1) is 0 Å². The zero-order chi connectivity index (χ0) is 19.1. The monoisotopic (exact) mass is 364 g/mol. The molecule has 0 aliphatic heterocycles. The summed E-state index contributed by atoms with van der Waals surface area (Å²) in [7, 11) is 0. The Morgan fingerprint density at radius 2 is 1.59 bits per heavy atom. The van der Waals surface area contributed by atoms with Gasteiger partial charge in [-0.05, 0) is 35.2 Å². The van der Waals surface area contributed by atoms with Crippen LogP contribution in [-0.4, -0.2) is 34.3 Å². The van der Waals surface area contributed by atoms with Crippen molar-refractivity contribution in [3.05, 3.63) is 72.3 Å². The van der Waals surface area contributed by atoms with Crippen molar-refractivity contribution in [2.45, 2.75) is 26.2 Å². The van der Waals surface area contributed by atoms with E-state index in [9.17, 15) is 0 Å². The molecule has 0 saturated heterocycles. The number of hydrogen-bond acceptors (Lipinski definition) is 5. The Morgan fingerprint density at radius 1 is 0.926 bits per heavy atom. The first kappa shape index (κ1) is 18.6. The van der Waals surface area contributed by atoms with Crippen molar-refractivity contribution in [3.8, 4) is 11.5 Å². The molecular formula is C21H24N4O2. The molecule has 6 heteroatoms. The number of ether oxygens (including phenoxy) is 2. The second kappa shape index (κ2) is 8.49. The normalized spacial score (nSPS) is 11.7.